The summed E-state index contributed by atoms with van der Waals surface area (Å²) in [5, 5.41) is 8.86. The highest BCUT2D eigenvalue weighted by Crippen LogP contribution is 2.22. The van der Waals surface area contributed by atoms with Gasteiger partial charge in [0.25, 0.3) is 0 Å². The van der Waals surface area contributed by atoms with Crippen molar-refractivity contribution in [1.29, 1.82) is 0 Å². The second-order valence-electron chi connectivity index (χ2n) is 6.27. The minimum Gasteiger partial charge on any atom is -0.356 e. The van der Waals surface area contributed by atoms with Crippen LogP contribution < -0.4 is 10.6 Å². The molecule has 3 rings (SSSR count). The Morgan fingerprint density at radius 1 is 1.26 bits per heavy atom. The number of carbonyl (C=O) groups excluding carboxylic acids is 1. The van der Waals surface area contributed by atoms with Crippen LogP contribution in [0.4, 0.5) is 0 Å². The maximum absolute atomic E-state index is 12.3. The molecule has 1 amide bonds. The number of nitrogens with one attached hydrogen (secondary N) is 2. The van der Waals surface area contributed by atoms with E-state index in [0.29, 0.717) is 0 Å². The van der Waals surface area contributed by atoms with E-state index in [1.807, 2.05) is 19.1 Å². The molecule has 1 fully saturated rings. The Hall–Kier alpha value is -1.58. The summed E-state index contributed by atoms with van der Waals surface area (Å²) in [5.41, 5.74) is 1.08. The van der Waals surface area contributed by atoms with Gasteiger partial charge < -0.3 is 10.6 Å². The Morgan fingerprint density at radius 2 is 2.04 bits per heavy atom. The fourth-order valence-corrected chi connectivity index (χ4v) is 3.14. The third kappa shape index (κ3) is 4.46. The predicted octanol–water partition coefficient (Wildman–Crippen LogP) is 3.48. The number of hydrogen-bond acceptors (Lipinski definition) is 2. The lowest BCUT2D eigenvalue weighted by Crippen LogP contribution is -2.30. The second kappa shape index (κ2) is 8.32. The van der Waals surface area contributed by atoms with Gasteiger partial charge in [-0.25, -0.2) is 0 Å². The molecule has 0 saturated carbocycles. The SMILES string of the molecule is CC(C(=O)NCCC1CCNC1)c1ccc2ccccc2c1.Cl. The van der Waals surface area contributed by atoms with E-state index < -0.39 is 0 Å². The van der Waals surface area contributed by atoms with Crippen molar-refractivity contribution in [2.45, 2.75) is 25.7 Å². The number of hydrogen-bond donors (Lipinski definition) is 2. The molecule has 2 unspecified atom stereocenters. The predicted molar refractivity (Wildman–Crippen MR) is 98.2 cm³/mol. The first-order valence-corrected chi connectivity index (χ1v) is 8.21. The lowest BCUT2D eigenvalue weighted by molar-refractivity contribution is -0.122. The van der Waals surface area contributed by atoms with Crippen LogP contribution in [0.1, 0.15) is 31.2 Å². The first-order chi connectivity index (χ1) is 10.7. The van der Waals surface area contributed by atoms with Crippen molar-refractivity contribution in [2.75, 3.05) is 19.6 Å². The van der Waals surface area contributed by atoms with E-state index in [0.717, 1.165) is 37.5 Å². The van der Waals surface area contributed by atoms with Crippen molar-refractivity contribution in [3.8, 4) is 0 Å². The maximum atomic E-state index is 12.3. The van der Waals surface area contributed by atoms with E-state index in [-0.39, 0.29) is 24.2 Å². The summed E-state index contributed by atoms with van der Waals surface area (Å²) < 4.78 is 0. The quantitative estimate of drug-likeness (QED) is 0.880. The number of halogens is 1. The standard InChI is InChI=1S/C19H24N2O.ClH/c1-14(19(22)21-11-9-15-8-10-20-13-15)17-7-6-16-4-2-3-5-18(16)12-17;/h2-7,12,14-15,20H,8-11,13H2,1H3,(H,21,22);1H. The van der Waals surface area contributed by atoms with Gasteiger partial charge in [-0.15, -0.1) is 12.4 Å². The van der Waals surface area contributed by atoms with Crippen LogP contribution in [0.3, 0.4) is 0 Å². The third-order valence-corrected chi connectivity index (χ3v) is 4.68. The maximum Gasteiger partial charge on any atom is 0.227 e. The number of fused-ring (bicyclic) bond motifs is 1. The summed E-state index contributed by atoms with van der Waals surface area (Å²) in [6, 6.07) is 14.5. The highest BCUT2D eigenvalue weighted by molar-refractivity contribution is 5.87. The van der Waals surface area contributed by atoms with Gasteiger partial charge in [0, 0.05) is 6.54 Å². The summed E-state index contributed by atoms with van der Waals surface area (Å²) in [6.45, 7) is 4.97. The lowest BCUT2D eigenvalue weighted by atomic mass is 9.97. The normalized spacial score (nSPS) is 18.4. The Balaban J connectivity index is 0.00000192. The van der Waals surface area contributed by atoms with Crippen LogP contribution in [0.5, 0.6) is 0 Å². The molecule has 4 heteroatoms. The molecular formula is C19H25ClN2O. The van der Waals surface area contributed by atoms with E-state index in [1.165, 1.54) is 17.2 Å². The average molecular weight is 333 g/mol. The molecule has 124 valence electrons. The van der Waals surface area contributed by atoms with Crippen LogP contribution in [0.2, 0.25) is 0 Å². The Bertz CT molecular complexity index is 653. The highest BCUT2D eigenvalue weighted by Gasteiger charge is 2.17. The minimum absolute atomic E-state index is 0. The van der Waals surface area contributed by atoms with Crippen molar-refractivity contribution in [3.05, 3.63) is 48.0 Å². The molecule has 2 N–H and O–H groups in total. The molecule has 0 radical (unpaired) electrons. The van der Waals surface area contributed by atoms with E-state index in [1.54, 1.807) is 0 Å². The zero-order valence-electron chi connectivity index (χ0n) is 13.5. The number of rotatable bonds is 5. The molecule has 2 atom stereocenters. The van der Waals surface area contributed by atoms with Crippen LogP contribution >= 0.6 is 12.4 Å². The molecule has 3 nitrogen and oxygen atoms in total. The number of amides is 1. The molecule has 1 aliphatic heterocycles. The van der Waals surface area contributed by atoms with Gasteiger partial charge in [0.2, 0.25) is 5.91 Å². The summed E-state index contributed by atoms with van der Waals surface area (Å²) in [4.78, 5) is 12.3. The summed E-state index contributed by atoms with van der Waals surface area (Å²) in [6.07, 6.45) is 2.30. The Morgan fingerprint density at radius 3 is 2.78 bits per heavy atom. The average Bonchev–Trinajstić information content (AvgIpc) is 3.07. The van der Waals surface area contributed by atoms with Gasteiger partial charge in [-0.05, 0) is 55.1 Å². The highest BCUT2D eigenvalue weighted by atomic mass is 35.5. The molecule has 2 aromatic carbocycles. The third-order valence-electron chi connectivity index (χ3n) is 4.68. The van der Waals surface area contributed by atoms with Crippen LogP contribution in [-0.2, 0) is 4.79 Å². The van der Waals surface area contributed by atoms with Crippen molar-refractivity contribution in [2.24, 2.45) is 5.92 Å². The van der Waals surface area contributed by atoms with E-state index in [2.05, 4.69) is 41.0 Å². The number of carbonyl (C=O) groups is 1. The van der Waals surface area contributed by atoms with Crippen molar-refractivity contribution < 1.29 is 4.79 Å². The molecule has 0 bridgehead atoms. The van der Waals surface area contributed by atoms with E-state index in [9.17, 15) is 4.79 Å². The molecule has 2 aromatic rings. The summed E-state index contributed by atoms with van der Waals surface area (Å²) in [7, 11) is 0. The van der Waals surface area contributed by atoms with Gasteiger partial charge in [-0.1, -0.05) is 42.5 Å². The van der Waals surface area contributed by atoms with Crippen molar-refractivity contribution >= 4 is 29.1 Å². The molecule has 0 aromatic heterocycles. The largest absolute Gasteiger partial charge is 0.356 e. The second-order valence-corrected chi connectivity index (χ2v) is 6.27. The van der Waals surface area contributed by atoms with Gasteiger partial charge in [0.1, 0.15) is 0 Å². The zero-order valence-corrected chi connectivity index (χ0v) is 14.4. The summed E-state index contributed by atoms with van der Waals surface area (Å²) in [5.74, 6) is 0.740. The van der Waals surface area contributed by atoms with E-state index in [4.69, 9.17) is 0 Å². The molecular weight excluding hydrogens is 308 g/mol. The van der Waals surface area contributed by atoms with Gasteiger partial charge in [0.15, 0.2) is 0 Å². The monoisotopic (exact) mass is 332 g/mol. The fraction of sp³-hybridized carbons (Fsp3) is 0.421. The van der Waals surface area contributed by atoms with Crippen molar-refractivity contribution in [1.82, 2.24) is 10.6 Å². The number of benzene rings is 2. The first kappa shape index (κ1) is 17.8. The van der Waals surface area contributed by atoms with Crippen LogP contribution in [0.15, 0.2) is 42.5 Å². The van der Waals surface area contributed by atoms with Gasteiger partial charge in [0.05, 0.1) is 5.92 Å². The van der Waals surface area contributed by atoms with Crippen molar-refractivity contribution in [3.63, 3.8) is 0 Å². The van der Waals surface area contributed by atoms with Gasteiger partial charge >= 0.3 is 0 Å². The first-order valence-electron chi connectivity index (χ1n) is 8.21. The topological polar surface area (TPSA) is 41.1 Å². The zero-order chi connectivity index (χ0) is 15.4. The van der Waals surface area contributed by atoms with Crippen LogP contribution in [0, 0.1) is 5.92 Å². The molecule has 1 saturated heterocycles. The Kier molecular flexibility index (Phi) is 6.43. The lowest BCUT2D eigenvalue weighted by Gasteiger charge is -2.14. The molecule has 1 aliphatic rings. The molecule has 0 aliphatic carbocycles. The van der Waals surface area contributed by atoms with E-state index >= 15 is 0 Å². The summed E-state index contributed by atoms with van der Waals surface area (Å²) >= 11 is 0. The molecule has 0 spiro atoms. The van der Waals surface area contributed by atoms with Crippen LogP contribution in [-0.4, -0.2) is 25.5 Å². The minimum atomic E-state index is -0.105. The van der Waals surface area contributed by atoms with Gasteiger partial charge in [-0.2, -0.15) is 0 Å². The molecule has 23 heavy (non-hydrogen) atoms. The van der Waals surface area contributed by atoms with Crippen LogP contribution in [0.25, 0.3) is 10.8 Å². The smallest absolute Gasteiger partial charge is 0.227 e. The Labute approximate surface area is 144 Å². The van der Waals surface area contributed by atoms with Gasteiger partial charge in [-0.3, -0.25) is 4.79 Å². The molecule has 1 heterocycles. The fourth-order valence-electron chi connectivity index (χ4n) is 3.14.